The number of rotatable bonds is 13. The Morgan fingerprint density at radius 2 is 1.59 bits per heavy atom. The zero-order valence-electron chi connectivity index (χ0n) is 23.4. The van der Waals surface area contributed by atoms with Crippen molar-refractivity contribution in [2.24, 2.45) is 11.8 Å². The van der Waals surface area contributed by atoms with E-state index in [2.05, 4.69) is 10.6 Å². The van der Waals surface area contributed by atoms with Crippen LogP contribution in [0.25, 0.3) is 0 Å². The first-order chi connectivity index (χ1) is 18.7. The number of carbonyl (C=O) groups excluding carboxylic acids is 2. The molecule has 1 aliphatic rings. The quantitative estimate of drug-likeness (QED) is 0.356. The van der Waals surface area contributed by atoms with E-state index in [1.165, 1.54) is 6.92 Å². The van der Waals surface area contributed by atoms with Crippen molar-refractivity contribution in [2.45, 2.75) is 78.0 Å². The predicted octanol–water partition coefficient (Wildman–Crippen LogP) is 3.05. The molecule has 39 heavy (non-hydrogen) atoms. The van der Waals surface area contributed by atoms with Crippen LogP contribution in [0.5, 0.6) is 5.75 Å². The lowest BCUT2D eigenvalue weighted by atomic mass is 9.97. The molecule has 0 spiro atoms. The van der Waals surface area contributed by atoms with Crippen LogP contribution >= 0.6 is 0 Å². The molecular weight excluding hydrogens is 500 g/mol. The van der Waals surface area contributed by atoms with E-state index in [4.69, 9.17) is 18.9 Å². The molecule has 2 amide bonds. The zero-order valence-corrected chi connectivity index (χ0v) is 23.4. The number of aliphatic hydroxyl groups excluding tert-OH is 1. The number of carbonyl (C=O) groups is 2. The third-order valence-corrected chi connectivity index (χ3v) is 6.30. The molecule has 0 saturated carbocycles. The molecule has 0 aliphatic carbocycles. The van der Waals surface area contributed by atoms with Crippen molar-refractivity contribution in [2.75, 3.05) is 13.2 Å². The summed E-state index contributed by atoms with van der Waals surface area (Å²) in [6, 6.07) is 18.0. The number of hydrogen-bond acceptors (Lipinski definition) is 7. The fourth-order valence-electron chi connectivity index (χ4n) is 4.32. The average molecular weight is 543 g/mol. The predicted molar refractivity (Wildman–Crippen MR) is 147 cm³/mol. The number of hydrogen-bond donors (Lipinski definition) is 3. The molecule has 214 valence electrons. The SMILES string of the molecule is CC(=O)NC(C(=O)NC[C@H]1O[C@@H](Oc2ccccc2)[C@H](O)[C@@H](OCc2ccccc2)[C@@H]1OCC(C)C)C(C)C. The third-order valence-electron chi connectivity index (χ3n) is 6.30. The molecule has 0 radical (unpaired) electrons. The number of amides is 2. The molecule has 1 fully saturated rings. The Balaban J connectivity index is 1.84. The van der Waals surface area contributed by atoms with Gasteiger partial charge in [0.2, 0.25) is 18.1 Å². The minimum atomic E-state index is -1.17. The Hall–Kier alpha value is -2.98. The summed E-state index contributed by atoms with van der Waals surface area (Å²) >= 11 is 0. The van der Waals surface area contributed by atoms with Gasteiger partial charge in [0, 0.05) is 20.1 Å². The van der Waals surface area contributed by atoms with Gasteiger partial charge in [-0.05, 0) is 29.5 Å². The van der Waals surface area contributed by atoms with Gasteiger partial charge >= 0.3 is 0 Å². The lowest BCUT2D eigenvalue weighted by Gasteiger charge is -2.44. The lowest BCUT2D eigenvalue weighted by molar-refractivity contribution is -0.290. The Morgan fingerprint density at radius 3 is 2.18 bits per heavy atom. The fourth-order valence-corrected chi connectivity index (χ4v) is 4.32. The van der Waals surface area contributed by atoms with Crippen LogP contribution in [-0.4, -0.2) is 66.8 Å². The van der Waals surface area contributed by atoms with Gasteiger partial charge in [0.15, 0.2) is 0 Å². The monoisotopic (exact) mass is 542 g/mol. The van der Waals surface area contributed by atoms with Crippen LogP contribution in [0.3, 0.4) is 0 Å². The molecule has 3 N–H and O–H groups in total. The van der Waals surface area contributed by atoms with Crippen LogP contribution in [-0.2, 0) is 30.4 Å². The lowest BCUT2D eigenvalue weighted by Crippen LogP contribution is -2.63. The van der Waals surface area contributed by atoms with Crippen LogP contribution < -0.4 is 15.4 Å². The van der Waals surface area contributed by atoms with Gasteiger partial charge in [-0.2, -0.15) is 0 Å². The number of nitrogens with one attached hydrogen (secondary N) is 2. The summed E-state index contributed by atoms with van der Waals surface area (Å²) < 4.78 is 24.8. The smallest absolute Gasteiger partial charge is 0.242 e. The summed E-state index contributed by atoms with van der Waals surface area (Å²) in [6.07, 6.45) is -4.42. The maximum atomic E-state index is 13.0. The van der Waals surface area contributed by atoms with Crippen molar-refractivity contribution in [3.63, 3.8) is 0 Å². The standard InChI is InChI=1S/C30H42N2O7/c1-19(2)17-36-27-24(16-31-29(35)25(20(3)4)32-21(5)33)39-30(38-23-14-10-7-11-15-23)26(34)28(27)37-18-22-12-8-6-9-13-22/h6-15,19-20,24-28,30,34H,16-18H2,1-5H3,(H,31,35)(H,32,33)/t24-,25?,26-,27-,28-,30-/m1/s1. The first-order valence-electron chi connectivity index (χ1n) is 13.5. The van der Waals surface area contributed by atoms with Gasteiger partial charge < -0.3 is 34.7 Å². The van der Waals surface area contributed by atoms with E-state index >= 15 is 0 Å². The van der Waals surface area contributed by atoms with Crippen molar-refractivity contribution in [1.29, 1.82) is 0 Å². The molecule has 1 heterocycles. The van der Waals surface area contributed by atoms with Crippen LogP contribution in [0.15, 0.2) is 60.7 Å². The molecule has 1 unspecified atom stereocenters. The van der Waals surface area contributed by atoms with Gasteiger partial charge in [-0.1, -0.05) is 76.2 Å². The summed E-state index contributed by atoms with van der Waals surface area (Å²) in [7, 11) is 0. The molecule has 0 aromatic heterocycles. The highest BCUT2D eigenvalue weighted by molar-refractivity contribution is 5.87. The molecule has 1 saturated heterocycles. The van der Waals surface area contributed by atoms with Crippen LogP contribution in [0.4, 0.5) is 0 Å². The van der Waals surface area contributed by atoms with Gasteiger partial charge in [0.1, 0.15) is 36.2 Å². The second-order valence-corrected chi connectivity index (χ2v) is 10.6. The Kier molecular flexibility index (Phi) is 11.7. The first kappa shape index (κ1) is 30.6. The van der Waals surface area contributed by atoms with Gasteiger partial charge in [0.05, 0.1) is 6.61 Å². The van der Waals surface area contributed by atoms with Crippen molar-refractivity contribution >= 4 is 11.8 Å². The molecule has 2 aromatic rings. The first-order valence-corrected chi connectivity index (χ1v) is 13.5. The second kappa shape index (κ2) is 15.0. The van der Waals surface area contributed by atoms with Crippen molar-refractivity contribution in [1.82, 2.24) is 10.6 Å². The summed E-state index contributed by atoms with van der Waals surface area (Å²) in [5.41, 5.74) is 0.944. The normalized spacial score (nSPS) is 23.8. The van der Waals surface area contributed by atoms with Crippen LogP contribution in [0.1, 0.15) is 40.2 Å². The molecule has 9 heteroatoms. The molecule has 1 aliphatic heterocycles. The van der Waals surface area contributed by atoms with E-state index in [1.54, 1.807) is 12.1 Å². The molecule has 9 nitrogen and oxygen atoms in total. The van der Waals surface area contributed by atoms with Crippen LogP contribution in [0, 0.1) is 11.8 Å². The van der Waals surface area contributed by atoms with Crippen molar-refractivity contribution < 1.29 is 33.6 Å². The second-order valence-electron chi connectivity index (χ2n) is 10.6. The van der Waals surface area contributed by atoms with Gasteiger partial charge in [-0.15, -0.1) is 0 Å². The summed E-state index contributed by atoms with van der Waals surface area (Å²) in [5, 5.41) is 17.0. The minimum Gasteiger partial charge on any atom is -0.462 e. The highest BCUT2D eigenvalue weighted by Crippen LogP contribution is 2.29. The topological polar surface area (TPSA) is 115 Å². The maximum Gasteiger partial charge on any atom is 0.242 e. The highest BCUT2D eigenvalue weighted by Gasteiger charge is 2.48. The van der Waals surface area contributed by atoms with E-state index in [-0.39, 0.29) is 36.8 Å². The zero-order chi connectivity index (χ0) is 28.4. The molecular formula is C30H42N2O7. The van der Waals surface area contributed by atoms with E-state index in [9.17, 15) is 14.7 Å². The van der Waals surface area contributed by atoms with E-state index < -0.39 is 36.7 Å². The Labute approximate surface area is 231 Å². The van der Waals surface area contributed by atoms with Crippen molar-refractivity contribution in [3.8, 4) is 5.75 Å². The minimum absolute atomic E-state index is 0.0664. The van der Waals surface area contributed by atoms with Gasteiger partial charge in [-0.25, -0.2) is 0 Å². The van der Waals surface area contributed by atoms with Crippen LogP contribution in [0.2, 0.25) is 0 Å². The summed E-state index contributed by atoms with van der Waals surface area (Å²) in [5.74, 6) is 0.00501. The Bertz CT molecular complexity index is 1020. The number of benzene rings is 2. The molecule has 3 rings (SSSR count). The Morgan fingerprint density at radius 1 is 0.949 bits per heavy atom. The van der Waals surface area contributed by atoms with E-state index in [1.807, 2.05) is 76.2 Å². The average Bonchev–Trinajstić information content (AvgIpc) is 2.91. The van der Waals surface area contributed by atoms with Crippen molar-refractivity contribution in [3.05, 3.63) is 66.2 Å². The number of para-hydroxylation sites is 1. The van der Waals surface area contributed by atoms with Gasteiger partial charge in [0.25, 0.3) is 0 Å². The highest BCUT2D eigenvalue weighted by atomic mass is 16.7. The summed E-state index contributed by atoms with van der Waals surface area (Å²) in [6.45, 7) is 9.87. The maximum absolute atomic E-state index is 13.0. The molecule has 6 atom stereocenters. The fraction of sp³-hybridized carbons (Fsp3) is 0.533. The largest absolute Gasteiger partial charge is 0.462 e. The third kappa shape index (κ3) is 9.32. The molecule has 2 aromatic carbocycles. The van der Waals surface area contributed by atoms with E-state index in [0.29, 0.717) is 12.4 Å². The number of aliphatic hydroxyl groups is 1. The summed E-state index contributed by atoms with van der Waals surface area (Å²) in [4.78, 5) is 24.7. The van der Waals surface area contributed by atoms with Gasteiger partial charge in [-0.3, -0.25) is 9.59 Å². The molecule has 0 bridgehead atoms. The number of ether oxygens (including phenoxy) is 4. The van der Waals surface area contributed by atoms with E-state index in [0.717, 1.165) is 5.56 Å².